The highest BCUT2D eigenvalue weighted by Crippen LogP contribution is 2.33. The summed E-state index contributed by atoms with van der Waals surface area (Å²) in [5.74, 6) is -0.404. The van der Waals surface area contributed by atoms with Gasteiger partial charge in [0.05, 0.1) is 18.0 Å². The van der Waals surface area contributed by atoms with Gasteiger partial charge in [-0.25, -0.2) is 14.6 Å². The maximum absolute atomic E-state index is 13.7. The molecule has 1 heterocycles. The number of barbiturate groups is 1. The van der Waals surface area contributed by atoms with E-state index in [0.717, 1.165) is 26.1 Å². The second-order valence-electron chi connectivity index (χ2n) is 9.86. The van der Waals surface area contributed by atoms with Gasteiger partial charge >= 0.3 is 6.03 Å². The summed E-state index contributed by atoms with van der Waals surface area (Å²) in [5.41, 5.74) is 2.16. The lowest BCUT2D eigenvalue weighted by atomic mass is 10.0. The number of carbonyl (C=O) groups is 3. The first-order valence-corrected chi connectivity index (χ1v) is 14.0. The molecule has 0 unspecified atom stereocenters. The van der Waals surface area contributed by atoms with E-state index in [4.69, 9.17) is 9.47 Å². The van der Waals surface area contributed by atoms with Crippen molar-refractivity contribution in [1.29, 1.82) is 0 Å². The van der Waals surface area contributed by atoms with Crippen LogP contribution in [0.5, 0.6) is 11.5 Å². The van der Waals surface area contributed by atoms with Crippen LogP contribution in [0.3, 0.4) is 0 Å². The highest BCUT2D eigenvalue weighted by molar-refractivity contribution is 6.46. The molecule has 6 rings (SSSR count). The number of imide groups is 2. The number of benzene rings is 5. The Morgan fingerprint density at radius 3 is 1.88 bits per heavy atom. The first-order chi connectivity index (χ1) is 21.0. The number of hydrogen-bond acceptors (Lipinski definition) is 5. The van der Waals surface area contributed by atoms with Crippen molar-refractivity contribution in [2.45, 2.75) is 13.5 Å². The van der Waals surface area contributed by atoms with E-state index in [1.54, 1.807) is 78.9 Å². The Kier molecular flexibility index (Phi) is 7.70. The maximum Gasteiger partial charge on any atom is 0.343 e. The normalized spacial score (nSPS) is 13.4. The van der Waals surface area contributed by atoms with Gasteiger partial charge in [-0.05, 0) is 71.3 Å². The van der Waals surface area contributed by atoms with Crippen molar-refractivity contribution in [3.8, 4) is 11.5 Å². The third-order valence-corrected chi connectivity index (χ3v) is 7.12. The van der Waals surface area contributed by atoms with Gasteiger partial charge in [-0.2, -0.15) is 0 Å². The van der Waals surface area contributed by atoms with Crippen molar-refractivity contribution in [3.63, 3.8) is 0 Å². The van der Waals surface area contributed by atoms with Crippen LogP contribution in [0.25, 0.3) is 16.8 Å². The molecule has 4 amide bonds. The molecule has 1 saturated heterocycles. The lowest BCUT2D eigenvalue weighted by molar-refractivity contribution is -0.121. The molecular weight excluding hydrogens is 540 g/mol. The van der Waals surface area contributed by atoms with Crippen molar-refractivity contribution < 1.29 is 23.9 Å². The van der Waals surface area contributed by atoms with Gasteiger partial charge in [0, 0.05) is 0 Å². The van der Waals surface area contributed by atoms with E-state index >= 15 is 0 Å². The number of fused-ring (bicyclic) bond motifs is 1. The molecule has 0 bridgehead atoms. The Balaban J connectivity index is 1.35. The fourth-order valence-corrected chi connectivity index (χ4v) is 5.08. The summed E-state index contributed by atoms with van der Waals surface area (Å²) in [6, 6.07) is 35.8. The molecule has 0 saturated carbocycles. The highest BCUT2D eigenvalue weighted by Gasteiger charge is 2.43. The van der Waals surface area contributed by atoms with Crippen LogP contribution in [0, 0.1) is 0 Å². The molecule has 1 aliphatic rings. The zero-order valence-corrected chi connectivity index (χ0v) is 23.5. The van der Waals surface area contributed by atoms with E-state index in [1.807, 2.05) is 31.2 Å². The summed E-state index contributed by atoms with van der Waals surface area (Å²) in [5, 5.41) is 2.24. The Morgan fingerprint density at radius 1 is 0.628 bits per heavy atom. The van der Waals surface area contributed by atoms with Gasteiger partial charge in [0.2, 0.25) is 0 Å². The summed E-state index contributed by atoms with van der Waals surface area (Å²) in [6.45, 7) is 2.59. The topological polar surface area (TPSA) is 76.2 Å². The van der Waals surface area contributed by atoms with E-state index in [9.17, 15) is 14.4 Å². The molecule has 5 aromatic rings. The predicted molar refractivity (Wildman–Crippen MR) is 167 cm³/mol. The van der Waals surface area contributed by atoms with Crippen molar-refractivity contribution in [1.82, 2.24) is 0 Å². The number of ether oxygens (including phenoxy) is 2. The van der Waals surface area contributed by atoms with Crippen LogP contribution in [-0.2, 0) is 16.2 Å². The number of amides is 4. The summed E-state index contributed by atoms with van der Waals surface area (Å²) < 4.78 is 12.1. The smallest absolute Gasteiger partial charge is 0.343 e. The first-order valence-electron chi connectivity index (χ1n) is 14.0. The molecule has 212 valence electrons. The maximum atomic E-state index is 13.7. The summed E-state index contributed by atoms with van der Waals surface area (Å²) in [4.78, 5) is 43.0. The molecule has 7 nitrogen and oxygen atoms in total. The molecule has 0 aromatic heterocycles. The standard InChI is InChI=1S/C36H28N2O5/c1-2-42-33-23-25(20-21-32(33)43-24-27-14-11-13-26-12-9-10-19-30(26)27)22-31-34(39)37(28-15-5-3-6-16-28)36(41)38(35(31)40)29-17-7-4-8-18-29/h3-23H,2,24H2,1H3. The Morgan fingerprint density at radius 2 is 1.23 bits per heavy atom. The van der Waals surface area contributed by atoms with Crippen LogP contribution in [0.15, 0.2) is 127 Å². The van der Waals surface area contributed by atoms with Gasteiger partial charge in [-0.15, -0.1) is 0 Å². The van der Waals surface area contributed by atoms with E-state index in [0.29, 0.717) is 41.7 Å². The second-order valence-corrected chi connectivity index (χ2v) is 9.86. The molecule has 0 atom stereocenters. The quantitative estimate of drug-likeness (QED) is 0.144. The third-order valence-electron chi connectivity index (χ3n) is 7.12. The molecule has 0 spiro atoms. The van der Waals surface area contributed by atoms with Crippen LogP contribution < -0.4 is 19.3 Å². The summed E-state index contributed by atoms with van der Waals surface area (Å²) >= 11 is 0. The Bertz CT molecular complexity index is 1780. The number of anilines is 2. The van der Waals surface area contributed by atoms with Crippen LogP contribution in [0.1, 0.15) is 18.1 Å². The van der Waals surface area contributed by atoms with Gasteiger partial charge in [-0.1, -0.05) is 84.9 Å². The summed E-state index contributed by atoms with van der Waals surface area (Å²) in [6.07, 6.45) is 1.49. The summed E-state index contributed by atoms with van der Waals surface area (Å²) in [7, 11) is 0. The minimum Gasteiger partial charge on any atom is -0.490 e. The average Bonchev–Trinajstić information content (AvgIpc) is 3.04. The highest BCUT2D eigenvalue weighted by atomic mass is 16.5. The minimum absolute atomic E-state index is 0.154. The van der Waals surface area contributed by atoms with E-state index < -0.39 is 17.8 Å². The zero-order valence-electron chi connectivity index (χ0n) is 23.5. The number of hydrogen-bond donors (Lipinski definition) is 0. The molecule has 0 radical (unpaired) electrons. The molecule has 0 aliphatic carbocycles. The van der Waals surface area contributed by atoms with E-state index in [2.05, 4.69) is 18.2 Å². The predicted octanol–water partition coefficient (Wildman–Crippen LogP) is 7.40. The average molecular weight is 569 g/mol. The third kappa shape index (κ3) is 5.48. The fourth-order valence-electron chi connectivity index (χ4n) is 5.08. The number of carbonyl (C=O) groups excluding carboxylic acids is 3. The Labute approximate surface area is 249 Å². The second kappa shape index (κ2) is 12.0. The first kappa shape index (κ1) is 27.5. The van der Waals surface area contributed by atoms with Crippen LogP contribution >= 0.6 is 0 Å². The largest absolute Gasteiger partial charge is 0.490 e. The van der Waals surface area contributed by atoms with Gasteiger partial charge in [0.15, 0.2) is 11.5 Å². The van der Waals surface area contributed by atoms with Gasteiger partial charge in [0.25, 0.3) is 11.8 Å². The van der Waals surface area contributed by atoms with Crippen LogP contribution in [0.4, 0.5) is 16.2 Å². The van der Waals surface area contributed by atoms with E-state index in [-0.39, 0.29) is 5.57 Å². The molecule has 0 N–H and O–H groups in total. The van der Waals surface area contributed by atoms with Crippen molar-refractivity contribution in [2.24, 2.45) is 0 Å². The Hall–Kier alpha value is -5.69. The van der Waals surface area contributed by atoms with Gasteiger partial charge < -0.3 is 9.47 Å². The number of nitrogens with zero attached hydrogens (tertiary/aromatic N) is 2. The van der Waals surface area contributed by atoms with Crippen LogP contribution in [-0.4, -0.2) is 24.5 Å². The minimum atomic E-state index is -0.739. The zero-order chi connectivity index (χ0) is 29.8. The van der Waals surface area contributed by atoms with Crippen LogP contribution in [0.2, 0.25) is 0 Å². The molecule has 5 aromatic carbocycles. The molecule has 7 heteroatoms. The van der Waals surface area contributed by atoms with Crippen molar-refractivity contribution >= 4 is 46.1 Å². The number of rotatable bonds is 8. The lowest BCUT2D eigenvalue weighted by Gasteiger charge is -2.33. The molecule has 1 aliphatic heterocycles. The lowest BCUT2D eigenvalue weighted by Crippen LogP contribution is -2.57. The van der Waals surface area contributed by atoms with E-state index in [1.165, 1.54) is 6.08 Å². The van der Waals surface area contributed by atoms with Gasteiger partial charge in [0.1, 0.15) is 12.2 Å². The molecule has 1 fully saturated rings. The number of urea groups is 1. The number of para-hydroxylation sites is 2. The fraction of sp³-hybridized carbons (Fsp3) is 0.0833. The molecule has 43 heavy (non-hydrogen) atoms. The van der Waals surface area contributed by atoms with Crippen molar-refractivity contribution in [3.05, 3.63) is 138 Å². The SMILES string of the molecule is CCOc1cc(C=C2C(=O)N(c3ccccc3)C(=O)N(c3ccccc3)C2=O)ccc1OCc1cccc2ccccc12. The molecular formula is C36H28N2O5. The monoisotopic (exact) mass is 568 g/mol. The van der Waals surface area contributed by atoms with Crippen molar-refractivity contribution in [2.75, 3.05) is 16.4 Å². The van der Waals surface area contributed by atoms with Gasteiger partial charge in [-0.3, -0.25) is 9.59 Å².